The highest BCUT2D eigenvalue weighted by molar-refractivity contribution is 7.10. The van der Waals surface area contributed by atoms with Gasteiger partial charge < -0.3 is 15.6 Å². The maximum Gasteiger partial charge on any atom is 0.287 e. The standard InChI is InChI=1S/C13H15N5O3S/c1-8(19)17-13(2-3-14-7-13)12-16-11(6-22-12)10-4-9(5-15-10)18(20)21/h4-6,14-15H,2-3,7H2,1H3,(H,17,19). The van der Waals surface area contributed by atoms with Crippen molar-refractivity contribution < 1.29 is 9.72 Å². The van der Waals surface area contributed by atoms with E-state index in [9.17, 15) is 14.9 Å². The molecule has 0 saturated carbocycles. The Morgan fingerprint density at radius 1 is 1.59 bits per heavy atom. The molecule has 2 aromatic rings. The Balaban J connectivity index is 1.91. The number of carbonyl (C=O) groups excluding carboxylic acids is 1. The molecule has 1 aliphatic heterocycles. The average molecular weight is 321 g/mol. The number of nitro groups is 1. The summed E-state index contributed by atoms with van der Waals surface area (Å²) in [5, 5.41) is 19.6. The lowest BCUT2D eigenvalue weighted by atomic mass is 9.99. The highest BCUT2D eigenvalue weighted by Crippen LogP contribution is 2.33. The third kappa shape index (κ3) is 2.60. The van der Waals surface area contributed by atoms with Crippen LogP contribution in [0.1, 0.15) is 18.4 Å². The zero-order valence-corrected chi connectivity index (χ0v) is 12.7. The number of rotatable bonds is 4. The molecular formula is C13H15N5O3S. The number of nitrogens with zero attached hydrogens (tertiary/aromatic N) is 2. The number of amides is 1. The van der Waals surface area contributed by atoms with Gasteiger partial charge in [-0.3, -0.25) is 14.9 Å². The van der Waals surface area contributed by atoms with Crippen LogP contribution in [0.3, 0.4) is 0 Å². The predicted molar refractivity (Wildman–Crippen MR) is 81.5 cm³/mol. The van der Waals surface area contributed by atoms with Crippen molar-refractivity contribution in [2.75, 3.05) is 13.1 Å². The molecule has 0 spiro atoms. The van der Waals surface area contributed by atoms with Gasteiger partial charge in [0.25, 0.3) is 5.69 Å². The van der Waals surface area contributed by atoms with Gasteiger partial charge in [0.2, 0.25) is 5.91 Å². The molecule has 22 heavy (non-hydrogen) atoms. The minimum atomic E-state index is -0.493. The Morgan fingerprint density at radius 2 is 2.41 bits per heavy atom. The van der Waals surface area contributed by atoms with Crippen LogP contribution in [0, 0.1) is 10.1 Å². The van der Waals surface area contributed by atoms with Crippen LogP contribution in [0.25, 0.3) is 11.4 Å². The van der Waals surface area contributed by atoms with E-state index in [0.29, 0.717) is 17.9 Å². The van der Waals surface area contributed by atoms with Gasteiger partial charge in [-0.05, 0) is 13.0 Å². The zero-order chi connectivity index (χ0) is 15.7. The van der Waals surface area contributed by atoms with Gasteiger partial charge >= 0.3 is 0 Å². The monoisotopic (exact) mass is 321 g/mol. The van der Waals surface area contributed by atoms with Gasteiger partial charge in [0.15, 0.2) is 0 Å². The van der Waals surface area contributed by atoms with Crippen molar-refractivity contribution >= 4 is 22.9 Å². The number of H-pyrrole nitrogens is 1. The first-order valence-electron chi connectivity index (χ1n) is 6.79. The van der Waals surface area contributed by atoms with Crippen LogP contribution in [-0.4, -0.2) is 33.9 Å². The van der Waals surface area contributed by atoms with E-state index in [4.69, 9.17) is 0 Å². The summed E-state index contributed by atoms with van der Waals surface area (Å²) >= 11 is 1.44. The van der Waals surface area contributed by atoms with Crippen molar-refractivity contribution in [3.63, 3.8) is 0 Å². The predicted octanol–water partition coefficient (Wildman–Crippen LogP) is 1.37. The second-order valence-electron chi connectivity index (χ2n) is 5.26. The Morgan fingerprint density at radius 3 is 3.00 bits per heavy atom. The molecule has 3 rings (SSSR count). The fourth-order valence-electron chi connectivity index (χ4n) is 2.63. The van der Waals surface area contributed by atoms with Crippen molar-refractivity contribution in [3.05, 3.63) is 32.8 Å². The molecule has 2 aromatic heterocycles. The quantitative estimate of drug-likeness (QED) is 0.581. The molecule has 1 amide bonds. The summed E-state index contributed by atoms with van der Waals surface area (Å²) in [5.41, 5.74) is 0.749. The van der Waals surface area contributed by atoms with E-state index < -0.39 is 10.5 Å². The Hall–Kier alpha value is -2.26. The number of thiazole rings is 1. The lowest BCUT2D eigenvalue weighted by Gasteiger charge is -2.26. The number of carbonyl (C=O) groups is 1. The molecule has 9 heteroatoms. The zero-order valence-electron chi connectivity index (χ0n) is 11.9. The lowest BCUT2D eigenvalue weighted by Crippen LogP contribution is -2.46. The van der Waals surface area contributed by atoms with Gasteiger partial charge in [0.05, 0.1) is 22.5 Å². The molecule has 0 aliphatic carbocycles. The Bertz CT molecular complexity index is 717. The van der Waals surface area contributed by atoms with Gasteiger partial charge in [-0.1, -0.05) is 0 Å². The SMILES string of the molecule is CC(=O)NC1(c2nc(-c3cc([N+](=O)[O-])c[nH]3)cs2)CCNC1. The highest BCUT2D eigenvalue weighted by Gasteiger charge is 2.39. The van der Waals surface area contributed by atoms with E-state index in [1.165, 1.54) is 30.5 Å². The van der Waals surface area contributed by atoms with Crippen molar-refractivity contribution in [2.24, 2.45) is 0 Å². The highest BCUT2D eigenvalue weighted by atomic mass is 32.1. The molecular weight excluding hydrogens is 306 g/mol. The van der Waals surface area contributed by atoms with Crippen molar-refractivity contribution in [1.82, 2.24) is 20.6 Å². The summed E-state index contributed by atoms with van der Waals surface area (Å²) in [6.07, 6.45) is 2.11. The van der Waals surface area contributed by atoms with E-state index in [1.807, 2.05) is 5.38 Å². The summed E-state index contributed by atoms with van der Waals surface area (Å²) in [6.45, 7) is 2.93. The van der Waals surface area contributed by atoms with E-state index in [0.717, 1.165) is 18.0 Å². The van der Waals surface area contributed by atoms with Crippen LogP contribution in [0.5, 0.6) is 0 Å². The number of hydrogen-bond acceptors (Lipinski definition) is 6. The lowest BCUT2D eigenvalue weighted by molar-refractivity contribution is -0.384. The fourth-order valence-corrected chi connectivity index (χ4v) is 3.63. The second-order valence-corrected chi connectivity index (χ2v) is 6.11. The smallest absolute Gasteiger partial charge is 0.287 e. The van der Waals surface area contributed by atoms with Crippen molar-refractivity contribution in [3.8, 4) is 11.4 Å². The van der Waals surface area contributed by atoms with E-state index in [1.54, 1.807) is 0 Å². The number of hydrogen-bond donors (Lipinski definition) is 3. The van der Waals surface area contributed by atoms with Crippen LogP contribution in [0.4, 0.5) is 5.69 Å². The summed E-state index contributed by atoms with van der Waals surface area (Å²) in [6, 6.07) is 1.46. The van der Waals surface area contributed by atoms with E-state index in [2.05, 4.69) is 20.6 Å². The first kappa shape index (κ1) is 14.7. The largest absolute Gasteiger partial charge is 0.354 e. The number of aromatic amines is 1. The first-order valence-corrected chi connectivity index (χ1v) is 7.67. The summed E-state index contributed by atoms with van der Waals surface area (Å²) < 4.78 is 0. The molecule has 0 radical (unpaired) electrons. The van der Waals surface area contributed by atoms with Crippen molar-refractivity contribution in [2.45, 2.75) is 18.9 Å². The van der Waals surface area contributed by atoms with Gasteiger partial charge in [0.1, 0.15) is 10.5 Å². The summed E-state index contributed by atoms with van der Waals surface area (Å²) in [5.74, 6) is -0.101. The molecule has 1 atom stereocenters. The van der Waals surface area contributed by atoms with Crippen molar-refractivity contribution in [1.29, 1.82) is 0 Å². The minimum Gasteiger partial charge on any atom is -0.354 e. The summed E-state index contributed by atoms with van der Waals surface area (Å²) in [4.78, 5) is 29.2. The first-order chi connectivity index (χ1) is 10.5. The van der Waals surface area contributed by atoms with Crippen LogP contribution >= 0.6 is 11.3 Å². The molecule has 1 fully saturated rings. The average Bonchev–Trinajstić information content (AvgIpc) is 3.18. The molecule has 3 N–H and O–H groups in total. The van der Waals surface area contributed by atoms with Gasteiger partial charge in [0, 0.05) is 24.9 Å². The fraction of sp³-hybridized carbons (Fsp3) is 0.385. The normalized spacial score (nSPS) is 21.0. The minimum absolute atomic E-state index is 0.00339. The maximum absolute atomic E-state index is 11.5. The molecule has 1 aliphatic rings. The molecule has 0 aromatic carbocycles. The molecule has 1 saturated heterocycles. The maximum atomic E-state index is 11.5. The Labute approximate surface area is 130 Å². The molecule has 116 valence electrons. The molecule has 3 heterocycles. The summed E-state index contributed by atoms with van der Waals surface area (Å²) in [7, 11) is 0. The number of nitrogens with one attached hydrogen (secondary N) is 3. The number of aromatic nitrogens is 2. The van der Waals surface area contributed by atoms with Crippen LogP contribution in [0.15, 0.2) is 17.6 Å². The van der Waals surface area contributed by atoms with Crippen LogP contribution < -0.4 is 10.6 Å². The topological polar surface area (TPSA) is 113 Å². The third-order valence-corrected chi connectivity index (χ3v) is 4.69. The van der Waals surface area contributed by atoms with E-state index >= 15 is 0 Å². The Kier molecular flexibility index (Phi) is 3.67. The molecule has 1 unspecified atom stereocenters. The third-order valence-electron chi connectivity index (χ3n) is 3.64. The van der Waals surface area contributed by atoms with E-state index in [-0.39, 0.29) is 11.6 Å². The van der Waals surface area contributed by atoms with Gasteiger partial charge in [-0.25, -0.2) is 4.98 Å². The van der Waals surface area contributed by atoms with Gasteiger partial charge in [-0.2, -0.15) is 0 Å². The molecule has 0 bridgehead atoms. The van der Waals surface area contributed by atoms with Gasteiger partial charge in [-0.15, -0.1) is 11.3 Å². The van der Waals surface area contributed by atoms with Crippen LogP contribution in [0.2, 0.25) is 0 Å². The molecule has 8 nitrogen and oxygen atoms in total. The second kappa shape index (κ2) is 5.50. The van der Waals surface area contributed by atoms with Crippen LogP contribution in [-0.2, 0) is 10.3 Å².